The van der Waals surface area contributed by atoms with E-state index in [1.165, 1.54) is 17.0 Å². The molecule has 1 aliphatic heterocycles. The Labute approximate surface area is 127 Å². The molecule has 112 valence electrons. The number of benzene rings is 1. The zero-order valence-corrected chi connectivity index (χ0v) is 12.4. The lowest BCUT2D eigenvalue weighted by Gasteiger charge is -2.32. The summed E-state index contributed by atoms with van der Waals surface area (Å²) in [5, 5.41) is 2.99. The molecule has 1 heterocycles. The Morgan fingerprint density at radius 3 is 2.71 bits per heavy atom. The number of carbonyl (C=O) groups excluding carboxylic acids is 2. The second-order valence-electron chi connectivity index (χ2n) is 5.80. The average molecular weight is 311 g/mol. The molecule has 0 bridgehead atoms. The molecule has 1 unspecified atom stereocenters. The second kappa shape index (κ2) is 4.98. The monoisotopic (exact) mass is 310 g/mol. The zero-order valence-electron chi connectivity index (χ0n) is 11.7. The molecule has 2 fully saturated rings. The quantitative estimate of drug-likeness (QED) is 0.912. The van der Waals surface area contributed by atoms with Gasteiger partial charge in [0.2, 0.25) is 5.91 Å². The number of para-hydroxylation sites is 1. The lowest BCUT2D eigenvalue weighted by Crippen LogP contribution is -2.57. The molecule has 1 aromatic carbocycles. The molecule has 21 heavy (non-hydrogen) atoms. The molecule has 1 aromatic rings. The first-order valence-corrected chi connectivity index (χ1v) is 7.38. The summed E-state index contributed by atoms with van der Waals surface area (Å²) in [5.41, 5.74) is -0.910. The van der Waals surface area contributed by atoms with Crippen LogP contribution >= 0.6 is 11.6 Å². The molecule has 1 N–H and O–H groups in total. The predicted molar refractivity (Wildman–Crippen MR) is 77.7 cm³/mol. The highest BCUT2D eigenvalue weighted by Gasteiger charge is 2.51. The molecule has 6 heteroatoms. The van der Waals surface area contributed by atoms with Crippen molar-refractivity contribution in [1.29, 1.82) is 0 Å². The Balaban J connectivity index is 2.05. The largest absolute Gasteiger partial charge is 0.342 e. The summed E-state index contributed by atoms with van der Waals surface area (Å²) >= 11 is 6.07. The predicted octanol–water partition coefficient (Wildman–Crippen LogP) is 2.50. The van der Waals surface area contributed by atoms with Crippen LogP contribution in [0.1, 0.15) is 26.2 Å². The number of nitrogens with zero attached hydrogens (tertiary/aromatic N) is 1. The van der Waals surface area contributed by atoms with Crippen LogP contribution in [0.25, 0.3) is 0 Å². The Hall–Kier alpha value is -1.62. The summed E-state index contributed by atoms with van der Waals surface area (Å²) in [6, 6.07) is 4.30. The highest BCUT2D eigenvalue weighted by Crippen LogP contribution is 2.42. The van der Waals surface area contributed by atoms with Gasteiger partial charge in [-0.25, -0.2) is 4.39 Å². The smallest absolute Gasteiger partial charge is 0.252 e. The van der Waals surface area contributed by atoms with E-state index in [9.17, 15) is 14.0 Å². The SMILES string of the molecule is CC1(C2CC2)NC(=O)CCN(c2c(F)cccc2Cl)C1=O. The van der Waals surface area contributed by atoms with Crippen molar-refractivity contribution in [3.8, 4) is 0 Å². The van der Waals surface area contributed by atoms with Gasteiger partial charge in [-0.1, -0.05) is 17.7 Å². The summed E-state index contributed by atoms with van der Waals surface area (Å²) in [4.78, 5) is 26.1. The number of amides is 2. The van der Waals surface area contributed by atoms with Crippen LogP contribution in [0.2, 0.25) is 5.02 Å². The molecule has 0 spiro atoms. The van der Waals surface area contributed by atoms with Gasteiger partial charge in [0, 0.05) is 13.0 Å². The number of nitrogens with one attached hydrogen (secondary N) is 1. The van der Waals surface area contributed by atoms with E-state index < -0.39 is 11.4 Å². The Kier molecular flexibility index (Phi) is 3.40. The highest BCUT2D eigenvalue weighted by atomic mass is 35.5. The van der Waals surface area contributed by atoms with Crippen LogP contribution in [0.4, 0.5) is 10.1 Å². The molecule has 0 aromatic heterocycles. The van der Waals surface area contributed by atoms with E-state index >= 15 is 0 Å². The van der Waals surface area contributed by atoms with E-state index in [0.29, 0.717) is 0 Å². The van der Waals surface area contributed by atoms with Gasteiger partial charge in [0.05, 0.1) is 10.7 Å². The molecule has 4 nitrogen and oxygen atoms in total. The van der Waals surface area contributed by atoms with E-state index in [-0.39, 0.29) is 41.4 Å². The van der Waals surface area contributed by atoms with Crippen molar-refractivity contribution in [3.05, 3.63) is 29.0 Å². The fraction of sp³-hybridized carbons (Fsp3) is 0.467. The van der Waals surface area contributed by atoms with E-state index in [2.05, 4.69) is 5.32 Å². The van der Waals surface area contributed by atoms with Gasteiger partial charge >= 0.3 is 0 Å². The summed E-state index contributed by atoms with van der Waals surface area (Å²) in [5.74, 6) is -0.918. The van der Waals surface area contributed by atoms with Gasteiger partial charge < -0.3 is 10.2 Å². The molecule has 2 aliphatic rings. The van der Waals surface area contributed by atoms with Crippen LogP contribution in [0.5, 0.6) is 0 Å². The average Bonchev–Trinajstić information content (AvgIpc) is 3.25. The lowest BCUT2D eigenvalue weighted by molar-refractivity contribution is -0.130. The van der Waals surface area contributed by atoms with Gasteiger partial charge in [-0.3, -0.25) is 9.59 Å². The van der Waals surface area contributed by atoms with Gasteiger partial charge in [-0.15, -0.1) is 0 Å². The Bertz CT molecular complexity index is 597. The van der Waals surface area contributed by atoms with Gasteiger partial charge in [0.25, 0.3) is 5.91 Å². The number of halogens is 2. The third-order valence-corrected chi connectivity index (χ3v) is 4.56. The fourth-order valence-corrected chi connectivity index (χ4v) is 3.16. The van der Waals surface area contributed by atoms with Gasteiger partial charge in [-0.05, 0) is 37.8 Å². The molecule has 1 saturated heterocycles. The van der Waals surface area contributed by atoms with Crippen molar-refractivity contribution in [2.75, 3.05) is 11.4 Å². The number of carbonyl (C=O) groups is 2. The molecule has 0 radical (unpaired) electrons. The van der Waals surface area contributed by atoms with Crippen LogP contribution in [-0.2, 0) is 9.59 Å². The maximum atomic E-state index is 14.1. The van der Waals surface area contributed by atoms with Crippen LogP contribution in [-0.4, -0.2) is 23.9 Å². The van der Waals surface area contributed by atoms with Crippen LogP contribution in [0, 0.1) is 11.7 Å². The zero-order chi connectivity index (χ0) is 15.2. The van der Waals surface area contributed by atoms with E-state index in [0.717, 1.165) is 12.8 Å². The van der Waals surface area contributed by atoms with E-state index in [1.54, 1.807) is 13.0 Å². The fourth-order valence-electron chi connectivity index (χ4n) is 2.90. The summed E-state index contributed by atoms with van der Waals surface area (Å²) in [7, 11) is 0. The first-order valence-electron chi connectivity index (χ1n) is 7.00. The van der Waals surface area contributed by atoms with Crippen LogP contribution in [0.3, 0.4) is 0 Å². The first kappa shape index (κ1) is 14.3. The molecule has 1 atom stereocenters. The molecular formula is C15H16ClFN2O2. The normalized spacial score (nSPS) is 26.5. The third-order valence-electron chi connectivity index (χ3n) is 4.25. The maximum absolute atomic E-state index is 14.1. The summed E-state index contributed by atoms with van der Waals surface area (Å²) in [6.07, 6.45) is 1.92. The van der Waals surface area contributed by atoms with Gasteiger partial charge in [-0.2, -0.15) is 0 Å². The number of rotatable bonds is 2. The second-order valence-corrected chi connectivity index (χ2v) is 6.21. The van der Waals surface area contributed by atoms with Crippen LogP contribution in [0.15, 0.2) is 18.2 Å². The van der Waals surface area contributed by atoms with Crippen molar-refractivity contribution in [3.63, 3.8) is 0 Å². The summed E-state index contributed by atoms with van der Waals surface area (Å²) < 4.78 is 14.1. The third kappa shape index (κ3) is 2.39. The molecular weight excluding hydrogens is 295 g/mol. The minimum Gasteiger partial charge on any atom is -0.342 e. The lowest BCUT2D eigenvalue weighted by atomic mass is 9.94. The van der Waals surface area contributed by atoms with Crippen molar-refractivity contribution in [1.82, 2.24) is 5.32 Å². The molecule has 2 amide bonds. The summed E-state index contributed by atoms with van der Waals surface area (Å²) in [6.45, 7) is 1.85. The number of anilines is 1. The Morgan fingerprint density at radius 1 is 1.38 bits per heavy atom. The maximum Gasteiger partial charge on any atom is 0.252 e. The highest BCUT2D eigenvalue weighted by molar-refractivity contribution is 6.34. The minimum atomic E-state index is -0.973. The standard InChI is InChI=1S/C15H16ClFN2O2/c1-15(9-5-6-9)14(21)19(8-7-12(20)18-15)13-10(16)3-2-4-11(13)17/h2-4,9H,5-8H2,1H3,(H,18,20). The van der Waals surface area contributed by atoms with Gasteiger partial charge in [0.1, 0.15) is 11.4 Å². The van der Waals surface area contributed by atoms with Gasteiger partial charge in [0.15, 0.2) is 0 Å². The molecule has 3 rings (SSSR count). The van der Waals surface area contributed by atoms with E-state index in [1.807, 2.05) is 0 Å². The van der Waals surface area contributed by atoms with Crippen molar-refractivity contribution in [2.45, 2.75) is 31.7 Å². The molecule has 1 saturated carbocycles. The van der Waals surface area contributed by atoms with Crippen molar-refractivity contribution < 1.29 is 14.0 Å². The van der Waals surface area contributed by atoms with E-state index in [4.69, 9.17) is 11.6 Å². The minimum absolute atomic E-state index is 0.0625. The first-order chi connectivity index (χ1) is 9.93. The van der Waals surface area contributed by atoms with Crippen molar-refractivity contribution >= 4 is 29.1 Å². The number of hydrogen-bond donors (Lipinski definition) is 1. The number of hydrogen-bond acceptors (Lipinski definition) is 2. The van der Waals surface area contributed by atoms with Crippen molar-refractivity contribution in [2.24, 2.45) is 5.92 Å². The molecule has 1 aliphatic carbocycles. The Morgan fingerprint density at radius 2 is 2.10 bits per heavy atom. The van der Waals surface area contributed by atoms with Crippen LogP contribution < -0.4 is 10.2 Å². The topological polar surface area (TPSA) is 49.4 Å².